The molecule has 0 saturated heterocycles. The molecule has 0 fully saturated rings. The fraction of sp³-hybridized carbons (Fsp3) is 0.438. The SMILES string of the molecule is CC1OCc2[nH]c(-c3cccnc3NC(=O)OC(C)(C)C)nc21. The molecule has 0 bridgehead atoms. The summed E-state index contributed by atoms with van der Waals surface area (Å²) in [5.41, 5.74) is 1.99. The summed E-state index contributed by atoms with van der Waals surface area (Å²) in [6.07, 6.45) is 1.03. The van der Waals surface area contributed by atoms with Crippen LogP contribution in [0.2, 0.25) is 0 Å². The number of hydrogen-bond acceptors (Lipinski definition) is 5. The van der Waals surface area contributed by atoms with Crippen LogP contribution < -0.4 is 5.32 Å². The zero-order chi connectivity index (χ0) is 16.6. The van der Waals surface area contributed by atoms with Gasteiger partial charge in [-0.25, -0.2) is 14.8 Å². The summed E-state index contributed by atoms with van der Waals surface area (Å²) in [4.78, 5) is 24.0. The Morgan fingerprint density at radius 2 is 2.26 bits per heavy atom. The fourth-order valence-electron chi connectivity index (χ4n) is 2.38. The van der Waals surface area contributed by atoms with Crippen molar-refractivity contribution in [3.8, 4) is 11.4 Å². The van der Waals surface area contributed by atoms with E-state index in [-0.39, 0.29) is 6.10 Å². The minimum absolute atomic E-state index is 0.0334. The van der Waals surface area contributed by atoms with Crippen molar-refractivity contribution < 1.29 is 14.3 Å². The third-order valence-corrected chi connectivity index (χ3v) is 3.36. The Morgan fingerprint density at radius 3 is 2.96 bits per heavy atom. The monoisotopic (exact) mass is 316 g/mol. The van der Waals surface area contributed by atoms with Gasteiger partial charge >= 0.3 is 6.09 Å². The molecule has 1 unspecified atom stereocenters. The number of nitrogens with zero attached hydrogens (tertiary/aromatic N) is 2. The highest BCUT2D eigenvalue weighted by Gasteiger charge is 2.25. The van der Waals surface area contributed by atoms with E-state index in [4.69, 9.17) is 9.47 Å². The number of carbonyl (C=O) groups is 1. The molecule has 2 N–H and O–H groups in total. The van der Waals surface area contributed by atoms with Gasteiger partial charge in [0.2, 0.25) is 0 Å². The lowest BCUT2D eigenvalue weighted by molar-refractivity contribution is 0.0635. The highest BCUT2D eigenvalue weighted by molar-refractivity contribution is 5.88. The number of imidazole rings is 1. The molecule has 23 heavy (non-hydrogen) atoms. The van der Waals surface area contributed by atoms with Crippen molar-refractivity contribution in [1.29, 1.82) is 0 Å². The first-order valence-corrected chi connectivity index (χ1v) is 7.49. The van der Waals surface area contributed by atoms with Gasteiger partial charge < -0.3 is 14.5 Å². The van der Waals surface area contributed by atoms with Crippen LogP contribution in [0.15, 0.2) is 18.3 Å². The Kier molecular flexibility index (Phi) is 3.81. The summed E-state index contributed by atoms with van der Waals surface area (Å²) in [7, 11) is 0. The first-order valence-electron chi connectivity index (χ1n) is 7.49. The van der Waals surface area contributed by atoms with Gasteiger partial charge in [0.05, 0.1) is 29.7 Å². The number of rotatable bonds is 2. The summed E-state index contributed by atoms with van der Waals surface area (Å²) < 4.78 is 10.8. The van der Waals surface area contributed by atoms with Gasteiger partial charge in [-0.3, -0.25) is 5.32 Å². The van der Waals surface area contributed by atoms with E-state index in [1.54, 1.807) is 12.3 Å². The van der Waals surface area contributed by atoms with Gasteiger partial charge in [0.15, 0.2) is 0 Å². The maximum absolute atomic E-state index is 12.0. The molecule has 0 saturated carbocycles. The van der Waals surface area contributed by atoms with E-state index in [9.17, 15) is 4.79 Å². The number of aromatic amines is 1. The minimum atomic E-state index is -0.572. The molecule has 0 aliphatic carbocycles. The zero-order valence-corrected chi connectivity index (χ0v) is 13.6. The van der Waals surface area contributed by atoms with Crippen LogP contribution in [0.5, 0.6) is 0 Å². The highest BCUT2D eigenvalue weighted by Crippen LogP contribution is 2.32. The van der Waals surface area contributed by atoms with E-state index in [1.165, 1.54) is 0 Å². The molecule has 2 aromatic heterocycles. The Balaban J connectivity index is 1.87. The first-order chi connectivity index (χ1) is 10.8. The number of pyridine rings is 1. The number of amides is 1. The van der Waals surface area contributed by atoms with Crippen molar-refractivity contribution >= 4 is 11.9 Å². The number of hydrogen-bond donors (Lipinski definition) is 2. The summed E-state index contributed by atoms with van der Waals surface area (Å²) in [5, 5.41) is 2.68. The van der Waals surface area contributed by atoms with Gasteiger partial charge in [0.25, 0.3) is 0 Å². The molecule has 1 amide bonds. The quantitative estimate of drug-likeness (QED) is 0.886. The lowest BCUT2D eigenvalue weighted by Crippen LogP contribution is -2.27. The maximum Gasteiger partial charge on any atom is 0.413 e. The minimum Gasteiger partial charge on any atom is -0.444 e. The first kappa shape index (κ1) is 15.5. The van der Waals surface area contributed by atoms with Gasteiger partial charge in [-0.15, -0.1) is 0 Å². The van der Waals surface area contributed by atoms with Gasteiger partial charge in [-0.2, -0.15) is 0 Å². The lowest BCUT2D eigenvalue weighted by atomic mass is 10.2. The molecule has 1 aliphatic heterocycles. The van der Waals surface area contributed by atoms with Gasteiger partial charge in [-0.05, 0) is 39.8 Å². The van der Waals surface area contributed by atoms with Crippen LogP contribution in [0.3, 0.4) is 0 Å². The molecule has 2 aromatic rings. The molecule has 0 spiro atoms. The van der Waals surface area contributed by atoms with Crippen molar-refractivity contribution in [1.82, 2.24) is 15.0 Å². The molecule has 1 atom stereocenters. The number of H-pyrrole nitrogens is 1. The second-order valence-corrected chi connectivity index (χ2v) is 6.43. The number of anilines is 1. The Bertz CT molecular complexity index is 733. The predicted octanol–water partition coefficient (Wildman–Crippen LogP) is 3.41. The van der Waals surface area contributed by atoms with Crippen LogP contribution in [0.25, 0.3) is 11.4 Å². The Hall–Kier alpha value is -2.41. The molecule has 1 aliphatic rings. The normalized spacial score (nSPS) is 17.0. The molecular weight excluding hydrogens is 296 g/mol. The van der Waals surface area contributed by atoms with E-state index in [0.29, 0.717) is 23.8 Å². The van der Waals surface area contributed by atoms with Crippen LogP contribution in [-0.4, -0.2) is 26.6 Å². The lowest BCUT2D eigenvalue weighted by Gasteiger charge is -2.19. The van der Waals surface area contributed by atoms with Crippen LogP contribution in [-0.2, 0) is 16.1 Å². The van der Waals surface area contributed by atoms with Gasteiger partial charge in [0.1, 0.15) is 17.2 Å². The fourth-order valence-corrected chi connectivity index (χ4v) is 2.38. The molecule has 7 heteroatoms. The van der Waals surface area contributed by atoms with Gasteiger partial charge in [-0.1, -0.05) is 0 Å². The largest absolute Gasteiger partial charge is 0.444 e. The van der Waals surface area contributed by atoms with E-state index in [1.807, 2.05) is 33.8 Å². The van der Waals surface area contributed by atoms with Crippen molar-refractivity contribution in [2.24, 2.45) is 0 Å². The number of fused-ring (bicyclic) bond motifs is 1. The molecule has 0 aromatic carbocycles. The van der Waals surface area contributed by atoms with E-state index >= 15 is 0 Å². The number of ether oxygens (including phenoxy) is 2. The van der Waals surface area contributed by atoms with E-state index in [0.717, 1.165) is 11.4 Å². The highest BCUT2D eigenvalue weighted by atomic mass is 16.6. The molecule has 0 radical (unpaired) electrons. The average molecular weight is 316 g/mol. The average Bonchev–Trinajstić information content (AvgIpc) is 3.00. The smallest absolute Gasteiger partial charge is 0.413 e. The summed E-state index contributed by atoms with van der Waals surface area (Å²) in [6, 6.07) is 3.64. The summed E-state index contributed by atoms with van der Waals surface area (Å²) in [5.74, 6) is 1.06. The predicted molar refractivity (Wildman–Crippen MR) is 84.9 cm³/mol. The van der Waals surface area contributed by atoms with Crippen molar-refractivity contribution in [2.45, 2.75) is 46.0 Å². The van der Waals surface area contributed by atoms with Crippen molar-refractivity contribution in [2.75, 3.05) is 5.32 Å². The molecular formula is C16H20N4O3. The van der Waals surface area contributed by atoms with Crippen LogP contribution in [0.4, 0.5) is 10.6 Å². The number of nitrogens with one attached hydrogen (secondary N) is 2. The molecule has 3 rings (SSSR count). The third-order valence-electron chi connectivity index (χ3n) is 3.36. The second-order valence-electron chi connectivity index (χ2n) is 6.43. The van der Waals surface area contributed by atoms with Crippen molar-refractivity contribution in [3.05, 3.63) is 29.7 Å². The topological polar surface area (TPSA) is 89.1 Å². The summed E-state index contributed by atoms with van der Waals surface area (Å²) >= 11 is 0. The summed E-state index contributed by atoms with van der Waals surface area (Å²) in [6.45, 7) is 7.90. The van der Waals surface area contributed by atoms with Crippen LogP contribution in [0, 0.1) is 0 Å². The molecule has 3 heterocycles. The zero-order valence-electron chi connectivity index (χ0n) is 13.6. The third kappa shape index (κ3) is 3.34. The maximum atomic E-state index is 12.0. The standard InChI is InChI=1S/C16H20N4O3/c1-9-12-11(8-22-9)18-14(19-12)10-6-5-7-17-13(10)20-15(21)23-16(2,3)4/h5-7,9H,8H2,1-4H3,(H,18,19)(H,17,20,21). The van der Waals surface area contributed by atoms with Crippen LogP contribution in [0.1, 0.15) is 45.2 Å². The van der Waals surface area contributed by atoms with Gasteiger partial charge in [0, 0.05) is 6.20 Å². The molecule has 7 nitrogen and oxygen atoms in total. The van der Waals surface area contributed by atoms with E-state index in [2.05, 4.69) is 20.3 Å². The second kappa shape index (κ2) is 5.66. The number of carbonyl (C=O) groups excluding carboxylic acids is 1. The molecule has 122 valence electrons. The van der Waals surface area contributed by atoms with Crippen molar-refractivity contribution in [3.63, 3.8) is 0 Å². The Morgan fingerprint density at radius 1 is 1.48 bits per heavy atom. The van der Waals surface area contributed by atoms with E-state index < -0.39 is 11.7 Å². The Labute approximate surface area is 134 Å². The van der Waals surface area contributed by atoms with Crippen LogP contribution >= 0.6 is 0 Å². The number of aromatic nitrogens is 3.